The topological polar surface area (TPSA) is 71.8 Å². The quantitative estimate of drug-likeness (QED) is 0.728. The van der Waals surface area contributed by atoms with Gasteiger partial charge in [0.05, 0.1) is 24.6 Å². The molecule has 0 aromatic carbocycles. The SMILES string of the molecule is Cn1cc(C(=O)N2CC[C@@]34OCCCN3C(=O)C[C@@H]24)ccc1=O. The molecule has 23 heavy (non-hydrogen) atoms. The van der Waals surface area contributed by atoms with Crippen LogP contribution < -0.4 is 5.56 Å². The van der Waals surface area contributed by atoms with Gasteiger partial charge < -0.3 is 19.1 Å². The van der Waals surface area contributed by atoms with E-state index in [2.05, 4.69) is 0 Å². The summed E-state index contributed by atoms with van der Waals surface area (Å²) < 4.78 is 7.39. The highest BCUT2D eigenvalue weighted by Gasteiger charge is 2.61. The zero-order valence-corrected chi connectivity index (χ0v) is 13.0. The molecule has 4 heterocycles. The summed E-state index contributed by atoms with van der Waals surface area (Å²) in [6.45, 7) is 1.90. The van der Waals surface area contributed by atoms with Gasteiger partial charge >= 0.3 is 0 Å². The van der Waals surface area contributed by atoms with Gasteiger partial charge in [0.15, 0.2) is 5.72 Å². The molecule has 3 saturated heterocycles. The zero-order chi connectivity index (χ0) is 16.2. The summed E-state index contributed by atoms with van der Waals surface area (Å²) >= 11 is 0. The van der Waals surface area contributed by atoms with Gasteiger partial charge in [0, 0.05) is 38.8 Å². The molecule has 3 fully saturated rings. The Labute approximate surface area is 133 Å². The van der Waals surface area contributed by atoms with Crippen LogP contribution in [-0.2, 0) is 16.6 Å². The number of carbonyl (C=O) groups excluding carboxylic acids is 2. The van der Waals surface area contributed by atoms with Crippen LogP contribution in [0.4, 0.5) is 0 Å². The summed E-state index contributed by atoms with van der Waals surface area (Å²) in [6, 6.07) is 2.70. The lowest BCUT2D eigenvalue weighted by Crippen LogP contribution is -2.56. The van der Waals surface area contributed by atoms with E-state index < -0.39 is 5.72 Å². The van der Waals surface area contributed by atoms with Crippen molar-refractivity contribution in [2.75, 3.05) is 19.7 Å². The fourth-order valence-electron chi connectivity index (χ4n) is 4.08. The molecule has 3 aliphatic heterocycles. The van der Waals surface area contributed by atoms with E-state index in [0.29, 0.717) is 38.1 Å². The molecule has 1 aromatic heterocycles. The van der Waals surface area contributed by atoms with Crippen LogP contribution in [-0.4, -0.2) is 57.6 Å². The molecular weight excluding hydrogens is 298 g/mol. The highest BCUT2D eigenvalue weighted by atomic mass is 16.5. The van der Waals surface area contributed by atoms with E-state index in [0.717, 1.165) is 6.42 Å². The van der Waals surface area contributed by atoms with Crippen LogP contribution in [0.25, 0.3) is 0 Å². The van der Waals surface area contributed by atoms with Gasteiger partial charge in [0.25, 0.3) is 5.91 Å². The van der Waals surface area contributed by atoms with Crippen molar-refractivity contribution in [1.82, 2.24) is 14.4 Å². The van der Waals surface area contributed by atoms with Gasteiger partial charge in [-0.15, -0.1) is 0 Å². The molecule has 2 atom stereocenters. The molecule has 0 saturated carbocycles. The number of aromatic nitrogens is 1. The molecule has 1 spiro atoms. The van der Waals surface area contributed by atoms with Crippen molar-refractivity contribution in [3.8, 4) is 0 Å². The Kier molecular flexibility index (Phi) is 3.09. The van der Waals surface area contributed by atoms with Gasteiger partial charge in [-0.3, -0.25) is 14.4 Å². The number of rotatable bonds is 1. The summed E-state index contributed by atoms with van der Waals surface area (Å²) in [5, 5.41) is 0. The second-order valence-corrected chi connectivity index (χ2v) is 6.43. The number of ether oxygens (including phenoxy) is 1. The predicted octanol–water partition coefficient (Wildman–Crippen LogP) is -0.0513. The third-order valence-corrected chi connectivity index (χ3v) is 5.21. The minimum atomic E-state index is -0.633. The third kappa shape index (κ3) is 1.96. The summed E-state index contributed by atoms with van der Waals surface area (Å²) in [7, 11) is 1.62. The minimum absolute atomic E-state index is 0.0626. The number of nitrogens with zero attached hydrogens (tertiary/aromatic N) is 3. The van der Waals surface area contributed by atoms with Crippen molar-refractivity contribution >= 4 is 11.8 Å². The Morgan fingerprint density at radius 2 is 2.13 bits per heavy atom. The standard InChI is InChI=1S/C16H19N3O4/c1-17-10-11(3-4-13(17)20)15(22)18-7-5-16-12(18)9-14(21)19(16)6-2-8-23-16/h3-4,10,12H,2,5-9H2,1H3/t12-,16+/m1/s1. The first kappa shape index (κ1) is 14.4. The molecule has 7 nitrogen and oxygen atoms in total. The lowest BCUT2D eigenvalue weighted by molar-refractivity contribution is -0.179. The summed E-state index contributed by atoms with van der Waals surface area (Å²) in [4.78, 5) is 40.2. The number of pyridine rings is 1. The Morgan fingerprint density at radius 3 is 2.91 bits per heavy atom. The maximum atomic E-state index is 12.9. The Balaban J connectivity index is 1.66. The largest absolute Gasteiger partial charge is 0.353 e. The fourth-order valence-corrected chi connectivity index (χ4v) is 4.08. The number of aryl methyl sites for hydroxylation is 1. The van der Waals surface area contributed by atoms with Crippen LogP contribution in [0.3, 0.4) is 0 Å². The second-order valence-electron chi connectivity index (χ2n) is 6.43. The van der Waals surface area contributed by atoms with Gasteiger partial charge in [-0.2, -0.15) is 0 Å². The number of likely N-dealkylation sites (tertiary alicyclic amines) is 1. The van der Waals surface area contributed by atoms with Crippen LogP contribution in [0, 0.1) is 0 Å². The van der Waals surface area contributed by atoms with Crippen LogP contribution in [0.2, 0.25) is 0 Å². The number of hydrogen-bond acceptors (Lipinski definition) is 4. The molecule has 0 aliphatic carbocycles. The van der Waals surface area contributed by atoms with Crippen molar-refractivity contribution in [3.63, 3.8) is 0 Å². The maximum absolute atomic E-state index is 12.9. The number of amides is 2. The average Bonchev–Trinajstić information content (AvgIpc) is 3.02. The first-order chi connectivity index (χ1) is 11.0. The summed E-state index contributed by atoms with van der Waals surface area (Å²) in [5.41, 5.74) is -0.325. The van der Waals surface area contributed by atoms with Crippen molar-refractivity contribution in [2.24, 2.45) is 7.05 Å². The van der Waals surface area contributed by atoms with Gasteiger partial charge in [0.1, 0.15) is 0 Å². The summed E-state index contributed by atoms with van der Waals surface area (Å²) in [6.07, 6.45) is 3.36. The summed E-state index contributed by atoms with van der Waals surface area (Å²) in [5.74, 6) is -0.0843. The second kappa shape index (κ2) is 4.92. The van der Waals surface area contributed by atoms with Crippen molar-refractivity contribution in [2.45, 2.75) is 31.0 Å². The molecule has 0 N–H and O–H groups in total. The molecule has 7 heteroatoms. The van der Waals surface area contributed by atoms with E-state index in [1.807, 2.05) is 4.90 Å². The molecule has 0 unspecified atom stereocenters. The Morgan fingerprint density at radius 1 is 1.30 bits per heavy atom. The fraction of sp³-hybridized carbons (Fsp3) is 0.562. The molecule has 1 aromatic rings. The van der Waals surface area contributed by atoms with Gasteiger partial charge in [-0.25, -0.2) is 0 Å². The lowest BCUT2D eigenvalue weighted by Gasteiger charge is -2.42. The zero-order valence-electron chi connectivity index (χ0n) is 13.0. The van der Waals surface area contributed by atoms with E-state index >= 15 is 0 Å². The molecule has 0 radical (unpaired) electrons. The molecule has 3 aliphatic rings. The Hall–Kier alpha value is -2.15. The monoisotopic (exact) mass is 317 g/mol. The van der Waals surface area contributed by atoms with E-state index in [4.69, 9.17) is 4.74 Å². The lowest BCUT2D eigenvalue weighted by atomic mass is 10.0. The molecule has 122 valence electrons. The maximum Gasteiger partial charge on any atom is 0.255 e. The molecule has 2 amide bonds. The first-order valence-corrected chi connectivity index (χ1v) is 7.95. The minimum Gasteiger partial charge on any atom is -0.353 e. The van der Waals surface area contributed by atoms with Crippen molar-refractivity contribution in [1.29, 1.82) is 0 Å². The first-order valence-electron chi connectivity index (χ1n) is 7.95. The van der Waals surface area contributed by atoms with E-state index in [-0.39, 0.29) is 23.4 Å². The molecule has 0 bridgehead atoms. The van der Waals surface area contributed by atoms with Crippen LogP contribution in [0.15, 0.2) is 23.1 Å². The van der Waals surface area contributed by atoms with Crippen LogP contribution in [0.1, 0.15) is 29.6 Å². The van der Waals surface area contributed by atoms with Crippen molar-refractivity contribution in [3.05, 3.63) is 34.2 Å². The smallest absolute Gasteiger partial charge is 0.255 e. The normalized spacial score (nSPS) is 29.6. The number of hydrogen-bond donors (Lipinski definition) is 0. The molecular formula is C16H19N3O4. The Bertz CT molecular complexity index is 743. The van der Waals surface area contributed by atoms with E-state index in [1.165, 1.54) is 10.6 Å². The third-order valence-electron chi connectivity index (χ3n) is 5.21. The highest BCUT2D eigenvalue weighted by Crippen LogP contribution is 2.45. The van der Waals surface area contributed by atoms with Crippen LogP contribution >= 0.6 is 0 Å². The highest BCUT2D eigenvalue weighted by molar-refractivity contribution is 5.95. The number of carbonyl (C=O) groups is 2. The molecule has 4 rings (SSSR count). The predicted molar refractivity (Wildman–Crippen MR) is 80.8 cm³/mol. The van der Waals surface area contributed by atoms with Gasteiger partial charge in [-0.1, -0.05) is 0 Å². The van der Waals surface area contributed by atoms with Crippen molar-refractivity contribution < 1.29 is 14.3 Å². The van der Waals surface area contributed by atoms with E-state index in [9.17, 15) is 14.4 Å². The van der Waals surface area contributed by atoms with Gasteiger partial charge in [0.2, 0.25) is 11.5 Å². The van der Waals surface area contributed by atoms with E-state index in [1.54, 1.807) is 24.2 Å². The average molecular weight is 317 g/mol. The van der Waals surface area contributed by atoms with Gasteiger partial charge in [-0.05, 0) is 12.5 Å². The van der Waals surface area contributed by atoms with Crippen LogP contribution in [0.5, 0.6) is 0 Å².